The lowest BCUT2D eigenvalue weighted by molar-refractivity contribution is 0.595. The SMILES string of the molecule is Cc1ccnnc1S(C)(=O)=O. The third-order valence-electron chi connectivity index (χ3n) is 1.23. The average molecular weight is 172 g/mol. The highest BCUT2D eigenvalue weighted by atomic mass is 32.2. The molecule has 0 aliphatic heterocycles. The second-order valence-electron chi connectivity index (χ2n) is 2.29. The van der Waals surface area contributed by atoms with Crippen LogP contribution in [0.25, 0.3) is 0 Å². The minimum absolute atomic E-state index is 0.0556. The summed E-state index contributed by atoms with van der Waals surface area (Å²) in [6.45, 7) is 1.69. The van der Waals surface area contributed by atoms with Gasteiger partial charge in [0.1, 0.15) is 0 Å². The van der Waals surface area contributed by atoms with Crippen molar-refractivity contribution in [1.82, 2.24) is 10.2 Å². The normalized spacial score (nSPS) is 11.5. The first-order valence-corrected chi connectivity index (χ1v) is 4.89. The van der Waals surface area contributed by atoms with Gasteiger partial charge in [0.05, 0.1) is 0 Å². The molecule has 0 unspecified atom stereocenters. The maximum atomic E-state index is 11.0. The molecule has 0 amide bonds. The zero-order chi connectivity index (χ0) is 8.48. The first kappa shape index (κ1) is 8.13. The third kappa shape index (κ3) is 1.74. The van der Waals surface area contributed by atoms with Crippen LogP contribution in [0, 0.1) is 6.92 Å². The molecule has 1 aromatic heterocycles. The number of nitrogens with zero attached hydrogens (tertiary/aromatic N) is 2. The van der Waals surface area contributed by atoms with Crippen molar-refractivity contribution in [3.63, 3.8) is 0 Å². The van der Waals surface area contributed by atoms with E-state index in [1.807, 2.05) is 0 Å². The van der Waals surface area contributed by atoms with Crippen molar-refractivity contribution in [2.45, 2.75) is 11.9 Å². The molecule has 11 heavy (non-hydrogen) atoms. The molecule has 0 fully saturated rings. The van der Waals surface area contributed by atoms with Gasteiger partial charge in [-0.2, -0.15) is 5.10 Å². The molecule has 0 aliphatic rings. The Hall–Kier alpha value is -0.970. The Kier molecular flexibility index (Phi) is 1.90. The van der Waals surface area contributed by atoms with Crippen LogP contribution in [0.1, 0.15) is 5.56 Å². The highest BCUT2D eigenvalue weighted by Crippen LogP contribution is 2.07. The number of aryl methyl sites for hydroxylation is 1. The van der Waals surface area contributed by atoms with E-state index in [2.05, 4.69) is 10.2 Å². The van der Waals surface area contributed by atoms with Gasteiger partial charge in [-0.1, -0.05) is 0 Å². The van der Waals surface area contributed by atoms with E-state index in [1.165, 1.54) is 6.20 Å². The van der Waals surface area contributed by atoms with E-state index in [0.29, 0.717) is 5.56 Å². The molecule has 5 heteroatoms. The molecule has 0 aliphatic carbocycles. The van der Waals surface area contributed by atoms with Gasteiger partial charge in [0, 0.05) is 12.5 Å². The predicted molar refractivity (Wildman–Crippen MR) is 39.9 cm³/mol. The largest absolute Gasteiger partial charge is 0.222 e. The standard InChI is InChI=1S/C6H8N2O2S/c1-5-3-4-7-8-6(5)11(2,9)10/h3-4H,1-2H3. The molecule has 0 aromatic carbocycles. The lowest BCUT2D eigenvalue weighted by Crippen LogP contribution is -2.03. The van der Waals surface area contributed by atoms with Crippen molar-refractivity contribution in [2.24, 2.45) is 0 Å². The maximum absolute atomic E-state index is 11.0. The van der Waals surface area contributed by atoms with Crippen LogP contribution in [0.2, 0.25) is 0 Å². The fraction of sp³-hybridized carbons (Fsp3) is 0.333. The van der Waals surface area contributed by atoms with Gasteiger partial charge in [-0.25, -0.2) is 8.42 Å². The van der Waals surface area contributed by atoms with Crippen LogP contribution in [0.5, 0.6) is 0 Å². The molecule has 0 saturated heterocycles. The molecule has 0 bridgehead atoms. The van der Waals surface area contributed by atoms with Gasteiger partial charge in [0.15, 0.2) is 14.9 Å². The van der Waals surface area contributed by atoms with E-state index in [1.54, 1.807) is 13.0 Å². The lowest BCUT2D eigenvalue weighted by Gasteiger charge is -1.97. The van der Waals surface area contributed by atoms with Gasteiger partial charge in [0.2, 0.25) is 0 Å². The second kappa shape index (κ2) is 2.58. The Morgan fingerprint density at radius 1 is 1.45 bits per heavy atom. The van der Waals surface area contributed by atoms with E-state index in [0.717, 1.165) is 6.26 Å². The first-order chi connectivity index (χ1) is 5.02. The minimum Gasteiger partial charge on any atom is -0.222 e. The highest BCUT2D eigenvalue weighted by molar-refractivity contribution is 7.90. The summed E-state index contributed by atoms with van der Waals surface area (Å²) in [5.74, 6) is 0. The van der Waals surface area contributed by atoms with Crippen LogP contribution in [-0.2, 0) is 9.84 Å². The van der Waals surface area contributed by atoms with Crippen molar-refractivity contribution in [1.29, 1.82) is 0 Å². The fourth-order valence-electron chi connectivity index (χ4n) is 0.748. The van der Waals surface area contributed by atoms with Crippen LogP contribution in [-0.4, -0.2) is 24.9 Å². The molecule has 60 valence electrons. The summed E-state index contributed by atoms with van der Waals surface area (Å²) >= 11 is 0. The van der Waals surface area contributed by atoms with Crippen molar-refractivity contribution in [3.8, 4) is 0 Å². The number of sulfone groups is 1. The van der Waals surface area contributed by atoms with E-state index >= 15 is 0 Å². The van der Waals surface area contributed by atoms with Gasteiger partial charge in [0.25, 0.3) is 0 Å². The molecule has 0 N–H and O–H groups in total. The summed E-state index contributed by atoms with van der Waals surface area (Å²) in [6, 6.07) is 1.61. The zero-order valence-corrected chi connectivity index (χ0v) is 7.09. The molecule has 0 atom stereocenters. The molecule has 1 rings (SSSR count). The van der Waals surface area contributed by atoms with Gasteiger partial charge in [-0.05, 0) is 18.6 Å². The summed E-state index contributed by atoms with van der Waals surface area (Å²) in [5.41, 5.74) is 0.627. The number of aromatic nitrogens is 2. The molecule has 0 saturated carbocycles. The predicted octanol–water partition coefficient (Wildman–Crippen LogP) is 0.189. The molecule has 0 spiro atoms. The van der Waals surface area contributed by atoms with E-state index in [9.17, 15) is 8.42 Å². The Labute approximate surface area is 65.2 Å². The van der Waals surface area contributed by atoms with Gasteiger partial charge in [-0.3, -0.25) is 0 Å². The van der Waals surface area contributed by atoms with Crippen molar-refractivity contribution in [2.75, 3.05) is 6.26 Å². The van der Waals surface area contributed by atoms with Gasteiger partial charge in [-0.15, -0.1) is 5.10 Å². The van der Waals surface area contributed by atoms with Crippen molar-refractivity contribution < 1.29 is 8.42 Å². The van der Waals surface area contributed by atoms with Crippen LogP contribution < -0.4 is 0 Å². The average Bonchev–Trinajstić information content (AvgIpc) is 1.86. The number of hydrogen-bond donors (Lipinski definition) is 0. The highest BCUT2D eigenvalue weighted by Gasteiger charge is 2.11. The number of rotatable bonds is 1. The molecule has 1 aromatic rings. The third-order valence-corrected chi connectivity index (χ3v) is 2.33. The Balaban J connectivity index is 3.37. The first-order valence-electron chi connectivity index (χ1n) is 3.00. The molecule has 4 nitrogen and oxygen atoms in total. The minimum atomic E-state index is -3.21. The smallest absolute Gasteiger partial charge is 0.194 e. The fourth-order valence-corrected chi connectivity index (χ4v) is 1.60. The van der Waals surface area contributed by atoms with E-state index in [-0.39, 0.29) is 5.03 Å². The Morgan fingerprint density at radius 2 is 2.09 bits per heavy atom. The Bertz CT molecular complexity index is 359. The van der Waals surface area contributed by atoms with E-state index in [4.69, 9.17) is 0 Å². The maximum Gasteiger partial charge on any atom is 0.194 e. The van der Waals surface area contributed by atoms with E-state index < -0.39 is 9.84 Å². The summed E-state index contributed by atoms with van der Waals surface area (Å²) in [4.78, 5) is 0. The second-order valence-corrected chi connectivity index (χ2v) is 4.22. The Morgan fingerprint density at radius 3 is 2.45 bits per heavy atom. The number of hydrogen-bond acceptors (Lipinski definition) is 4. The van der Waals surface area contributed by atoms with Crippen LogP contribution in [0.3, 0.4) is 0 Å². The monoisotopic (exact) mass is 172 g/mol. The zero-order valence-electron chi connectivity index (χ0n) is 6.27. The molecular formula is C6H8N2O2S. The van der Waals surface area contributed by atoms with Crippen LogP contribution in [0.15, 0.2) is 17.3 Å². The molecule has 0 radical (unpaired) electrons. The van der Waals surface area contributed by atoms with Gasteiger partial charge < -0.3 is 0 Å². The summed E-state index contributed by atoms with van der Waals surface area (Å²) in [5, 5.41) is 7.05. The lowest BCUT2D eigenvalue weighted by atomic mass is 10.4. The summed E-state index contributed by atoms with van der Waals surface area (Å²) < 4.78 is 21.9. The quantitative estimate of drug-likeness (QED) is 0.606. The van der Waals surface area contributed by atoms with Crippen molar-refractivity contribution in [3.05, 3.63) is 17.8 Å². The van der Waals surface area contributed by atoms with Crippen LogP contribution in [0.4, 0.5) is 0 Å². The summed E-state index contributed by atoms with van der Waals surface area (Å²) in [7, 11) is -3.21. The molecule has 1 heterocycles. The molecular weight excluding hydrogens is 164 g/mol. The van der Waals surface area contributed by atoms with Crippen molar-refractivity contribution >= 4 is 9.84 Å². The topological polar surface area (TPSA) is 59.9 Å². The van der Waals surface area contributed by atoms with Gasteiger partial charge >= 0.3 is 0 Å². The summed E-state index contributed by atoms with van der Waals surface area (Å²) in [6.07, 6.45) is 2.58. The van der Waals surface area contributed by atoms with Crippen LogP contribution >= 0.6 is 0 Å².